The van der Waals surface area contributed by atoms with E-state index in [0.29, 0.717) is 37.7 Å². The Labute approximate surface area is 208 Å². The number of benzene rings is 1. The smallest absolute Gasteiger partial charge is 0.411 e. The molecule has 2 aliphatic heterocycles. The molecule has 0 radical (unpaired) electrons. The van der Waals surface area contributed by atoms with Crippen LogP contribution in [0.3, 0.4) is 0 Å². The van der Waals surface area contributed by atoms with Crippen molar-refractivity contribution in [1.82, 2.24) is 14.7 Å². The lowest BCUT2D eigenvalue weighted by Crippen LogP contribution is -2.50. The van der Waals surface area contributed by atoms with E-state index in [2.05, 4.69) is 11.0 Å². The summed E-state index contributed by atoms with van der Waals surface area (Å²) < 4.78 is 11.8. The zero-order valence-corrected chi connectivity index (χ0v) is 21.2. The number of rotatable bonds is 5. The quantitative estimate of drug-likeness (QED) is 0.638. The van der Waals surface area contributed by atoms with Crippen molar-refractivity contribution < 1.29 is 19.1 Å². The van der Waals surface area contributed by atoms with Gasteiger partial charge in [-0.05, 0) is 57.7 Å². The van der Waals surface area contributed by atoms with Crippen molar-refractivity contribution in [3.05, 3.63) is 35.4 Å². The van der Waals surface area contributed by atoms with E-state index in [4.69, 9.17) is 14.7 Å². The highest BCUT2D eigenvalue weighted by Gasteiger charge is 2.44. The van der Waals surface area contributed by atoms with Crippen LogP contribution in [-0.4, -0.2) is 83.2 Å². The molecule has 0 unspecified atom stereocenters. The predicted octanol–water partition coefficient (Wildman–Crippen LogP) is 3.54. The normalized spacial score (nSPS) is 23.9. The standard InChI is InChI=1S/C27H38N4O4/c1-27(2,3)35-26(33)31-18-23(34-19-21-10-8-20(17-28)9-11-21)16-24(31)25(32)30-13-5-12-29(14-15-30)22-6-4-7-22/h8-11,22-24H,4-7,12-16,18-19H2,1-3H3/t23-,24+/m0/s1. The topological polar surface area (TPSA) is 86.1 Å². The molecule has 8 nitrogen and oxygen atoms in total. The van der Waals surface area contributed by atoms with Crippen molar-refractivity contribution in [2.75, 3.05) is 32.7 Å². The molecule has 8 heteroatoms. The van der Waals surface area contributed by atoms with Crippen LogP contribution in [0.25, 0.3) is 0 Å². The summed E-state index contributed by atoms with van der Waals surface area (Å²) in [6.07, 6.45) is 4.53. The molecule has 1 aromatic carbocycles. The Kier molecular flexibility index (Phi) is 7.98. The van der Waals surface area contributed by atoms with E-state index in [-0.39, 0.29) is 12.0 Å². The van der Waals surface area contributed by atoms with Crippen LogP contribution >= 0.6 is 0 Å². The average molecular weight is 483 g/mol. The summed E-state index contributed by atoms with van der Waals surface area (Å²) in [5.74, 6) is -0.00390. The van der Waals surface area contributed by atoms with Crippen LogP contribution in [0.1, 0.15) is 64.0 Å². The third-order valence-corrected chi connectivity index (χ3v) is 7.18. The lowest BCUT2D eigenvalue weighted by molar-refractivity contribution is -0.135. The molecule has 190 valence electrons. The van der Waals surface area contributed by atoms with Crippen molar-refractivity contribution >= 4 is 12.0 Å². The second kappa shape index (κ2) is 11.0. The Bertz CT molecular complexity index is 932. The Morgan fingerprint density at radius 2 is 1.80 bits per heavy atom. The van der Waals surface area contributed by atoms with Crippen molar-refractivity contribution in [3.63, 3.8) is 0 Å². The number of likely N-dealkylation sites (tertiary alicyclic amines) is 1. The van der Waals surface area contributed by atoms with Crippen molar-refractivity contribution in [2.24, 2.45) is 0 Å². The minimum Gasteiger partial charge on any atom is -0.444 e. The van der Waals surface area contributed by atoms with Crippen LogP contribution in [0.5, 0.6) is 0 Å². The van der Waals surface area contributed by atoms with Crippen molar-refractivity contribution in [3.8, 4) is 6.07 Å². The lowest BCUT2D eigenvalue weighted by Gasteiger charge is -2.37. The molecular formula is C27H38N4O4. The lowest BCUT2D eigenvalue weighted by atomic mass is 9.91. The van der Waals surface area contributed by atoms with E-state index < -0.39 is 17.7 Å². The van der Waals surface area contributed by atoms with Gasteiger partial charge in [0.25, 0.3) is 0 Å². The molecule has 4 rings (SSSR count). The van der Waals surface area contributed by atoms with Crippen LogP contribution in [-0.2, 0) is 20.9 Å². The van der Waals surface area contributed by atoms with Gasteiger partial charge in [-0.2, -0.15) is 5.26 Å². The summed E-state index contributed by atoms with van der Waals surface area (Å²) in [7, 11) is 0. The molecule has 0 N–H and O–H groups in total. The molecule has 2 atom stereocenters. The van der Waals surface area contributed by atoms with Gasteiger partial charge in [-0.15, -0.1) is 0 Å². The Morgan fingerprint density at radius 3 is 2.43 bits per heavy atom. The van der Waals surface area contributed by atoms with Crippen LogP contribution < -0.4 is 0 Å². The second-order valence-electron chi connectivity index (χ2n) is 10.9. The van der Waals surface area contributed by atoms with Gasteiger partial charge in [-0.1, -0.05) is 18.6 Å². The molecule has 35 heavy (non-hydrogen) atoms. The number of nitriles is 1. The van der Waals surface area contributed by atoms with E-state index in [9.17, 15) is 9.59 Å². The Balaban J connectivity index is 1.41. The van der Waals surface area contributed by atoms with Gasteiger partial charge < -0.3 is 14.4 Å². The van der Waals surface area contributed by atoms with Gasteiger partial charge in [0.05, 0.1) is 30.9 Å². The fourth-order valence-electron chi connectivity index (χ4n) is 5.05. The minimum absolute atomic E-state index is 0.00390. The summed E-state index contributed by atoms with van der Waals surface area (Å²) in [5.41, 5.74) is 0.911. The van der Waals surface area contributed by atoms with E-state index in [0.717, 1.165) is 31.6 Å². The number of carbonyl (C=O) groups excluding carboxylic acids is 2. The van der Waals surface area contributed by atoms with E-state index in [1.165, 1.54) is 19.3 Å². The van der Waals surface area contributed by atoms with Crippen molar-refractivity contribution in [1.29, 1.82) is 5.26 Å². The zero-order chi connectivity index (χ0) is 25.0. The van der Waals surface area contributed by atoms with Crippen molar-refractivity contribution in [2.45, 2.75) is 83.3 Å². The first-order valence-corrected chi connectivity index (χ1v) is 12.9. The van der Waals surface area contributed by atoms with Gasteiger partial charge in [0, 0.05) is 38.6 Å². The molecule has 3 fully saturated rings. The third kappa shape index (κ3) is 6.53. The number of amides is 2. The number of hydrogen-bond donors (Lipinski definition) is 0. The van der Waals surface area contributed by atoms with Gasteiger partial charge >= 0.3 is 6.09 Å². The number of carbonyl (C=O) groups is 2. The maximum absolute atomic E-state index is 13.7. The summed E-state index contributed by atoms with van der Waals surface area (Å²) >= 11 is 0. The monoisotopic (exact) mass is 482 g/mol. The first kappa shape index (κ1) is 25.5. The summed E-state index contributed by atoms with van der Waals surface area (Å²) in [6.45, 7) is 9.53. The fourth-order valence-corrected chi connectivity index (χ4v) is 5.05. The highest BCUT2D eigenvalue weighted by molar-refractivity contribution is 5.86. The first-order chi connectivity index (χ1) is 16.7. The van der Waals surface area contributed by atoms with Gasteiger partial charge in [-0.25, -0.2) is 4.79 Å². The van der Waals surface area contributed by atoms with E-state index in [1.807, 2.05) is 37.8 Å². The van der Waals surface area contributed by atoms with Crippen LogP contribution in [0, 0.1) is 11.3 Å². The third-order valence-electron chi connectivity index (χ3n) is 7.18. The molecule has 0 spiro atoms. The number of hydrogen-bond acceptors (Lipinski definition) is 6. The molecule has 1 saturated carbocycles. The molecule has 1 aliphatic carbocycles. The first-order valence-electron chi connectivity index (χ1n) is 12.9. The van der Waals surface area contributed by atoms with Crippen LogP contribution in [0.15, 0.2) is 24.3 Å². The highest BCUT2D eigenvalue weighted by atomic mass is 16.6. The molecular weight excluding hydrogens is 444 g/mol. The number of nitrogens with zero attached hydrogens (tertiary/aromatic N) is 4. The molecule has 2 amide bonds. The molecule has 2 heterocycles. The largest absolute Gasteiger partial charge is 0.444 e. The molecule has 0 bridgehead atoms. The van der Waals surface area contributed by atoms with Crippen LogP contribution in [0.2, 0.25) is 0 Å². The minimum atomic E-state index is -0.641. The van der Waals surface area contributed by atoms with Gasteiger partial charge in [-0.3, -0.25) is 14.6 Å². The van der Waals surface area contributed by atoms with Gasteiger partial charge in [0.15, 0.2) is 0 Å². The Morgan fingerprint density at radius 1 is 1.06 bits per heavy atom. The molecule has 0 aromatic heterocycles. The average Bonchev–Trinajstić information content (AvgIpc) is 3.07. The molecule has 1 aromatic rings. The van der Waals surface area contributed by atoms with E-state index >= 15 is 0 Å². The van der Waals surface area contributed by atoms with Gasteiger partial charge in [0.2, 0.25) is 5.91 Å². The zero-order valence-electron chi connectivity index (χ0n) is 21.2. The summed E-state index contributed by atoms with van der Waals surface area (Å²) in [5, 5.41) is 8.99. The maximum Gasteiger partial charge on any atom is 0.411 e. The summed E-state index contributed by atoms with van der Waals surface area (Å²) in [6, 6.07) is 9.47. The van der Waals surface area contributed by atoms with Crippen LogP contribution in [0.4, 0.5) is 4.79 Å². The SMILES string of the molecule is CC(C)(C)OC(=O)N1C[C@@H](OCc2ccc(C#N)cc2)C[C@@H]1C(=O)N1CCCN(C2CCC2)CC1. The fraction of sp³-hybridized carbons (Fsp3) is 0.667. The van der Waals surface area contributed by atoms with Gasteiger partial charge in [0.1, 0.15) is 11.6 Å². The van der Waals surface area contributed by atoms with E-state index in [1.54, 1.807) is 17.0 Å². The molecule has 2 saturated heterocycles. The molecule has 3 aliphatic rings. The Hall–Kier alpha value is -2.63. The highest BCUT2D eigenvalue weighted by Crippen LogP contribution is 2.28. The maximum atomic E-state index is 13.7. The second-order valence-corrected chi connectivity index (χ2v) is 10.9. The summed E-state index contributed by atoms with van der Waals surface area (Å²) in [4.78, 5) is 32.7. The predicted molar refractivity (Wildman–Crippen MR) is 131 cm³/mol. The number of ether oxygens (including phenoxy) is 2.